The number of ether oxygens (including phenoxy) is 2. The Balaban J connectivity index is 1.84. The van der Waals surface area contributed by atoms with Crippen molar-refractivity contribution in [3.63, 3.8) is 0 Å². The fraction of sp³-hybridized carbons (Fsp3) is 0.300. The maximum Gasteiger partial charge on any atom is 0.310 e. The number of aryl methyl sites for hydroxylation is 2. The van der Waals surface area contributed by atoms with Crippen molar-refractivity contribution in [1.82, 2.24) is 0 Å². The van der Waals surface area contributed by atoms with E-state index in [4.69, 9.17) is 9.47 Å². The van der Waals surface area contributed by atoms with E-state index >= 15 is 0 Å². The van der Waals surface area contributed by atoms with Crippen molar-refractivity contribution in [3.05, 3.63) is 58.9 Å². The Morgan fingerprint density at radius 2 is 1.79 bits per heavy atom. The van der Waals surface area contributed by atoms with Crippen LogP contribution < -0.4 is 10.1 Å². The number of esters is 1. The van der Waals surface area contributed by atoms with Gasteiger partial charge in [0.25, 0.3) is 5.91 Å². The number of carbonyl (C=O) groups is 2. The zero-order valence-electron chi connectivity index (χ0n) is 15.6. The van der Waals surface area contributed by atoms with E-state index in [2.05, 4.69) is 0 Å². The van der Waals surface area contributed by atoms with Crippen LogP contribution in [0.2, 0.25) is 0 Å². The van der Waals surface area contributed by atoms with Crippen LogP contribution in [0.15, 0.2) is 30.3 Å². The molecule has 0 fully saturated rings. The summed E-state index contributed by atoms with van der Waals surface area (Å²) in [6.45, 7) is 5.11. The lowest BCUT2D eigenvalue weighted by molar-refractivity contribution is -0.153. The molecule has 0 radical (unpaired) electrons. The molecule has 2 rings (SSSR count). The normalized spacial score (nSPS) is 11.6. The maximum atomic E-state index is 13.6. The summed E-state index contributed by atoms with van der Waals surface area (Å²) in [5.74, 6) is -5.54. The molecule has 0 saturated carbocycles. The summed E-state index contributed by atoms with van der Waals surface area (Å²) < 4.78 is 50.2. The van der Waals surface area contributed by atoms with Crippen molar-refractivity contribution in [1.29, 1.82) is 0 Å². The first-order chi connectivity index (χ1) is 13.2. The molecule has 0 unspecified atom stereocenters. The Bertz CT molecular complexity index is 886. The van der Waals surface area contributed by atoms with Crippen LogP contribution in [-0.2, 0) is 14.3 Å². The first-order valence-electron chi connectivity index (χ1n) is 8.53. The lowest BCUT2D eigenvalue weighted by Gasteiger charge is -2.15. The molecule has 2 aromatic carbocycles. The molecule has 0 aromatic heterocycles. The highest BCUT2D eigenvalue weighted by molar-refractivity contribution is 5.95. The SMILES string of the molecule is Cc1ccc(C)c(OCCC(=O)O[C@H](C)C(=O)Nc2ccc(F)c(F)c2F)c1. The van der Waals surface area contributed by atoms with Crippen LogP contribution in [0.5, 0.6) is 5.75 Å². The fourth-order valence-electron chi connectivity index (χ4n) is 2.27. The van der Waals surface area contributed by atoms with E-state index in [1.54, 1.807) is 0 Å². The lowest BCUT2D eigenvalue weighted by Crippen LogP contribution is -2.30. The van der Waals surface area contributed by atoms with Gasteiger partial charge in [0.05, 0.1) is 18.7 Å². The Morgan fingerprint density at radius 1 is 1.07 bits per heavy atom. The molecule has 5 nitrogen and oxygen atoms in total. The second-order valence-electron chi connectivity index (χ2n) is 6.21. The van der Waals surface area contributed by atoms with Crippen LogP contribution in [0.3, 0.4) is 0 Å². The Hall–Kier alpha value is -3.03. The van der Waals surface area contributed by atoms with Gasteiger partial charge in [-0.1, -0.05) is 12.1 Å². The van der Waals surface area contributed by atoms with Gasteiger partial charge in [0.2, 0.25) is 0 Å². The standard InChI is InChI=1S/C20H20F3NO4/c1-11-4-5-12(2)16(10-11)27-9-8-17(25)28-13(3)20(26)24-15-7-6-14(21)18(22)19(15)23/h4-7,10,13H,8-9H2,1-3H3,(H,24,26)/t13-/m1/s1. The van der Waals surface area contributed by atoms with Crippen molar-refractivity contribution >= 4 is 17.6 Å². The second-order valence-corrected chi connectivity index (χ2v) is 6.21. The van der Waals surface area contributed by atoms with Crippen LogP contribution in [0.1, 0.15) is 24.5 Å². The fourth-order valence-corrected chi connectivity index (χ4v) is 2.27. The molecule has 0 saturated heterocycles. The van der Waals surface area contributed by atoms with E-state index in [9.17, 15) is 22.8 Å². The van der Waals surface area contributed by atoms with Crippen LogP contribution in [-0.4, -0.2) is 24.6 Å². The second kappa shape index (κ2) is 9.25. The summed E-state index contributed by atoms with van der Waals surface area (Å²) in [6.07, 6.45) is -1.37. The van der Waals surface area contributed by atoms with Crippen molar-refractivity contribution < 1.29 is 32.2 Å². The number of benzene rings is 2. The lowest BCUT2D eigenvalue weighted by atomic mass is 10.1. The van der Waals surface area contributed by atoms with E-state index in [0.717, 1.165) is 17.2 Å². The minimum absolute atomic E-state index is 0.0509. The smallest absolute Gasteiger partial charge is 0.310 e. The van der Waals surface area contributed by atoms with Crippen molar-refractivity contribution in [3.8, 4) is 5.75 Å². The Kier molecular flexibility index (Phi) is 7.03. The minimum Gasteiger partial charge on any atom is -0.493 e. The number of anilines is 1. The summed E-state index contributed by atoms with van der Waals surface area (Å²) in [7, 11) is 0. The van der Waals surface area contributed by atoms with Gasteiger partial charge in [-0.15, -0.1) is 0 Å². The number of amides is 1. The van der Waals surface area contributed by atoms with Crippen molar-refractivity contribution in [2.75, 3.05) is 11.9 Å². The van der Waals surface area contributed by atoms with Gasteiger partial charge in [0.15, 0.2) is 23.6 Å². The number of carbonyl (C=O) groups excluding carboxylic acids is 2. The first kappa shape index (κ1) is 21.3. The first-order valence-corrected chi connectivity index (χ1v) is 8.53. The highest BCUT2D eigenvalue weighted by Crippen LogP contribution is 2.20. The average molecular weight is 395 g/mol. The van der Waals surface area contributed by atoms with E-state index in [-0.39, 0.29) is 13.0 Å². The molecule has 0 aliphatic carbocycles. The van der Waals surface area contributed by atoms with Crippen LogP contribution in [0.4, 0.5) is 18.9 Å². The van der Waals surface area contributed by atoms with E-state index in [0.29, 0.717) is 11.8 Å². The minimum atomic E-state index is -1.70. The quantitative estimate of drug-likeness (QED) is 0.567. The average Bonchev–Trinajstić information content (AvgIpc) is 2.64. The third-order valence-electron chi connectivity index (χ3n) is 3.88. The molecule has 150 valence electrons. The summed E-state index contributed by atoms with van der Waals surface area (Å²) >= 11 is 0. The van der Waals surface area contributed by atoms with E-state index in [1.807, 2.05) is 37.4 Å². The molecule has 0 bridgehead atoms. The van der Waals surface area contributed by atoms with Gasteiger partial charge in [-0.25, -0.2) is 13.2 Å². The zero-order chi connectivity index (χ0) is 20.8. The molecule has 2 aromatic rings. The third-order valence-corrected chi connectivity index (χ3v) is 3.88. The molecular weight excluding hydrogens is 375 g/mol. The van der Waals surface area contributed by atoms with Crippen LogP contribution in [0, 0.1) is 31.3 Å². The molecule has 0 aliphatic heterocycles. The van der Waals surface area contributed by atoms with Gasteiger partial charge in [-0.3, -0.25) is 9.59 Å². The molecule has 0 spiro atoms. The summed E-state index contributed by atoms with van der Waals surface area (Å²) in [5, 5.41) is 2.05. The van der Waals surface area contributed by atoms with Gasteiger partial charge in [-0.05, 0) is 50.1 Å². The molecule has 0 heterocycles. The number of rotatable bonds is 7. The summed E-state index contributed by atoms with van der Waals surface area (Å²) in [6, 6.07) is 7.22. The molecular formula is C20H20F3NO4. The number of hydrogen-bond acceptors (Lipinski definition) is 4. The maximum absolute atomic E-state index is 13.6. The predicted octanol–water partition coefficient (Wildman–Crippen LogP) is 4.06. The van der Waals surface area contributed by atoms with Gasteiger partial charge in [0.1, 0.15) is 5.75 Å². The highest BCUT2D eigenvalue weighted by Gasteiger charge is 2.21. The van der Waals surface area contributed by atoms with Gasteiger partial charge in [0, 0.05) is 0 Å². The van der Waals surface area contributed by atoms with Crippen LogP contribution in [0.25, 0.3) is 0 Å². The molecule has 8 heteroatoms. The monoisotopic (exact) mass is 395 g/mol. The third kappa shape index (κ3) is 5.48. The Morgan fingerprint density at radius 3 is 2.50 bits per heavy atom. The van der Waals surface area contributed by atoms with Crippen molar-refractivity contribution in [2.24, 2.45) is 0 Å². The molecule has 1 atom stereocenters. The molecule has 1 amide bonds. The molecule has 28 heavy (non-hydrogen) atoms. The number of halogens is 3. The summed E-state index contributed by atoms with van der Waals surface area (Å²) in [5.41, 5.74) is 1.38. The topological polar surface area (TPSA) is 64.6 Å². The van der Waals surface area contributed by atoms with E-state index < -0.39 is 41.1 Å². The van der Waals surface area contributed by atoms with Crippen LogP contribution >= 0.6 is 0 Å². The predicted molar refractivity (Wildman–Crippen MR) is 96.5 cm³/mol. The van der Waals surface area contributed by atoms with E-state index in [1.165, 1.54) is 6.92 Å². The molecule has 1 N–H and O–H groups in total. The number of nitrogens with one attached hydrogen (secondary N) is 1. The van der Waals surface area contributed by atoms with Gasteiger partial charge in [-0.2, -0.15) is 0 Å². The van der Waals surface area contributed by atoms with Gasteiger partial charge >= 0.3 is 5.97 Å². The largest absolute Gasteiger partial charge is 0.493 e. The highest BCUT2D eigenvalue weighted by atomic mass is 19.2. The summed E-state index contributed by atoms with van der Waals surface area (Å²) in [4.78, 5) is 23.8. The van der Waals surface area contributed by atoms with Crippen molar-refractivity contribution in [2.45, 2.75) is 33.3 Å². The number of hydrogen-bond donors (Lipinski definition) is 1. The molecule has 0 aliphatic rings. The Labute approximate surface area is 160 Å². The zero-order valence-corrected chi connectivity index (χ0v) is 15.6. The van der Waals surface area contributed by atoms with Gasteiger partial charge < -0.3 is 14.8 Å².